The van der Waals surface area contributed by atoms with Gasteiger partial charge in [0.05, 0.1) is 47.6 Å². The third-order valence-corrected chi connectivity index (χ3v) is 8.36. The topological polar surface area (TPSA) is 89.6 Å². The van der Waals surface area contributed by atoms with Gasteiger partial charge in [-0.3, -0.25) is 9.59 Å². The van der Waals surface area contributed by atoms with Crippen molar-refractivity contribution in [3.8, 4) is 23.0 Å². The Bertz CT molecular complexity index is 1210. The number of rotatable bonds is 19. The minimum absolute atomic E-state index is 0. The molecular formula is C35H54BrN3O6. The van der Waals surface area contributed by atoms with E-state index in [1.807, 2.05) is 35.2 Å². The molecule has 2 amide bonds. The molecule has 0 radical (unpaired) electrons. The van der Waals surface area contributed by atoms with Gasteiger partial charge >= 0.3 is 0 Å². The first-order valence-electron chi connectivity index (χ1n) is 16.1. The van der Waals surface area contributed by atoms with Gasteiger partial charge in [-0.25, -0.2) is 0 Å². The summed E-state index contributed by atoms with van der Waals surface area (Å²) in [5, 5.41) is 3.22. The molecule has 1 heterocycles. The highest BCUT2D eigenvalue weighted by molar-refractivity contribution is 8.93. The maximum absolute atomic E-state index is 14.1. The minimum Gasteiger partial charge on any atom is -0.493 e. The highest BCUT2D eigenvalue weighted by atomic mass is 79.9. The molecule has 0 fully saturated rings. The van der Waals surface area contributed by atoms with E-state index in [9.17, 15) is 9.59 Å². The van der Waals surface area contributed by atoms with Gasteiger partial charge in [0.25, 0.3) is 0 Å². The third kappa shape index (κ3) is 10.8. The highest BCUT2D eigenvalue weighted by Gasteiger charge is 2.33. The summed E-state index contributed by atoms with van der Waals surface area (Å²) < 4.78 is 22.3. The van der Waals surface area contributed by atoms with E-state index in [-0.39, 0.29) is 47.9 Å². The molecule has 3 rings (SSSR count). The summed E-state index contributed by atoms with van der Waals surface area (Å²) in [6.07, 6.45) is 8.95. The number of halogens is 1. The van der Waals surface area contributed by atoms with Crippen molar-refractivity contribution in [1.29, 1.82) is 0 Å². The number of unbranched alkanes of at least 4 members (excludes halogenated alkanes) is 5. The number of fused-ring (bicyclic) bond motifs is 1. The van der Waals surface area contributed by atoms with Crippen LogP contribution in [0.5, 0.6) is 23.0 Å². The second kappa shape index (κ2) is 20.2. The molecule has 2 aromatic carbocycles. The normalized spacial score (nSPS) is 13.8. The van der Waals surface area contributed by atoms with Gasteiger partial charge in [0.15, 0.2) is 23.0 Å². The Kier molecular flexibility index (Phi) is 17.2. The average molecular weight is 693 g/mol. The van der Waals surface area contributed by atoms with Crippen LogP contribution in [-0.4, -0.2) is 82.8 Å². The van der Waals surface area contributed by atoms with E-state index in [2.05, 4.69) is 19.2 Å². The fraction of sp³-hybridized carbons (Fsp3) is 0.600. The molecule has 252 valence electrons. The van der Waals surface area contributed by atoms with E-state index in [0.717, 1.165) is 48.9 Å². The van der Waals surface area contributed by atoms with Gasteiger partial charge in [0, 0.05) is 13.1 Å². The van der Waals surface area contributed by atoms with E-state index < -0.39 is 0 Å². The molecule has 0 spiro atoms. The fourth-order valence-corrected chi connectivity index (χ4v) is 5.89. The summed E-state index contributed by atoms with van der Waals surface area (Å²) in [5.41, 5.74) is 3.16. The molecule has 0 saturated heterocycles. The molecule has 1 aliphatic heterocycles. The molecule has 1 atom stereocenters. The first kappa shape index (κ1) is 38.2. The number of nitrogens with one attached hydrogen (secondary N) is 1. The van der Waals surface area contributed by atoms with Crippen LogP contribution in [0, 0.1) is 0 Å². The predicted molar refractivity (Wildman–Crippen MR) is 184 cm³/mol. The summed E-state index contributed by atoms with van der Waals surface area (Å²) in [6.45, 7) is 6.49. The van der Waals surface area contributed by atoms with Crippen molar-refractivity contribution in [3.63, 3.8) is 0 Å². The van der Waals surface area contributed by atoms with Crippen molar-refractivity contribution < 1.29 is 28.5 Å². The number of benzene rings is 2. The average Bonchev–Trinajstić information content (AvgIpc) is 3.04. The molecule has 2 aromatic rings. The zero-order valence-electron chi connectivity index (χ0n) is 28.1. The second-order valence-corrected chi connectivity index (χ2v) is 11.4. The molecule has 0 aliphatic carbocycles. The van der Waals surface area contributed by atoms with E-state index in [1.54, 1.807) is 33.3 Å². The SMILES string of the molecule is Br.CCCCCCCCN(CC(=O)N1CCc2cc(OC)c(OC)cc2C1Cc1ccc(OC)c(OC)c1)C(=O)CNCCC. The molecule has 0 aromatic heterocycles. The Morgan fingerprint density at radius 2 is 1.49 bits per heavy atom. The number of carbonyl (C=O) groups is 2. The first-order valence-corrected chi connectivity index (χ1v) is 16.1. The lowest BCUT2D eigenvalue weighted by Gasteiger charge is -2.39. The number of nitrogens with zero attached hydrogens (tertiary/aromatic N) is 2. The quantitative estimate of drug-likeness (QED) is 0.177. The molecule has 1 aliphatic rings. The lowest BCUT2D eigenvalue weighted by molar-refractivity contribution is -0.142. The van der Waals surface area contributed by atoms with Crippen molar-refractivity contribution in [2.24, 2.45) is 0 Å². The van der Waals surface area contributed by atoms with Gasteiger partial charge in [-0.05, 0) is 73.2 Å². The molecule has 0 saturated carbocycles. The van der Waals surface area contributed by atoms with Crippen molar-refractivity contribution in [3.05, 3.63) is 47.0 Å². The number of hydrogen-bond acceptors (Lipinski definition) is 7. The maximum Gasteiger partial charge on any atom is 0.242 e. The Hall–Kier alpha value is -2.98. The Labute approximate surface area is 280 Å². The van der Waals surface area contributed by atoms with E-state index >= 15 is 0 Å². The lowest BCUT2D eigenvalue weighted by atomic mass is 9.88. The number of carbonyl (C=O) groups excluding carboxylic acids is 2. The standard InChI is InChI=1S/C35H53N3O6.BrH/c1-7-9-10-11-12-13-18-37(34(39)24-36-17-8-2)25-35(40)38-19-16-27-22-32(43-5)33(44-6)23-28(27)29(38)20-26-14-15-30(41-3)31(21-26)42-4;/h14-15,21-23,29,36H,7-13,16-20,24-25H2,1-6H3;1H. The van der Waals surface area contributed by atoms with E-state index in [4.69, 9.17) is 18.9 Å². The third-order valence-electron chi connectivity index (χ3n) is 8.36. The number of methoxy groups -OCH3 is 4. The van der Waals surface area contributed by atoms with Crippen LogP contribution in [0.15, 0.2) is 30.3 Å². The van der Waals surface area contributed by atoms with Gasteiger partial charge in [0.1, 0.15) is 0 Å². The van der Waals surface area contributed by atoms with Crippen LogP contribution in [0.3, 0.4) is 0 Å². The fourth-order valence-electron chi connectivity index (χ4n) is 5.89. The monoisotopic (exact) mass is 691 g/mol. The Morgan fingerprint density at radius 3 is 2.16 bits per heavy atom. The van der Waals surface area contributed by atoms with Gasteiger partial charge in [-0.2, -0.15) is 0 Å². The second-order valence-electron chi connectivity index (χ2n) is 11.4. The summed E-state index contributed by atoms with van der Waals surface area (Å²) in [5.74, 6) is 2.51. The lowest BCUT2D eigenvalue weighted by Crippen LogP contribution is -2.49. The van der Waals surface area contributed by atoms with Crippen LogP contribution in [0.2, 0.25) is 0 Å². The first-order chi connectivity index (χ1) is 21.4. The molecule has 9 nitrogen and oxygen atoms in total. The molecule has 1 N–H and O–H groups in total. The zero-order valence-corrected chi connectivity index (χ0v) is 29.8. The number of hydrogen-bond donors (Lipinski definition) is 1. The maximum atomic E-state index is 14.1. The summed E-state index contributed by atoms with van der Waals surface area (Å²) in [7, 11) is 6.49. The van der Waals surface area contributed by atoms with Crippen LogP contribution in [-0.2, 0) is 22.4 Å². The number of ether oxygens (including phenoxy) is 4. The number of amides is 2. The summed E-state index contributed by atoms with van der Waals surface area (Å²) in [4.78, 5) is 31.1. The summed E-state index contributed by atoms with van der Waals surface area (Å²) in [6, 6.07) is 9.62. The Balaban J connectivity index is 0.00000705. The summed E-state index contributed by atoms with van der Waals surface area (Å²) >= 11 is 0. The van der Waals surface area contributed by atoms with Gasteiger partial charge < -0.3 is 34.1 Å². The van der Waals surface area contributed by atoms with Crippen LogP contribution < -0.4 is 24.3 Å². The molecule has 10 heteroatoms. The van der Waals surface area contributed by atoms with Crippen molar-refractivity contribution >= 4 is 28.8 Å². The van der Waals surface area contributed by atoms with Crippen LogP contribution in [0.25, 0.3) is 0 Å². The van der Waals surface area contributed by atoms with E-state index in [0.29, 0.717) is 48.9 Å². The van der Waals surface area contributed by atoms with Gasteiger partial charge in [0.2, 0.25) is 11.8 Å². The smallest absolute Gasteiger partial charge is 0.242 e. The predicted octanol–water partition coefficient (Wildman–Crippen LogP) is 6.16. The largest absolute Gasteiger partial charge is 0.493 e. The molecule has 0 bridgehead atoms. The van der Waals surface area contributed by atoms with Crippen LogP contribution >= 0.6 is 17.0 Å². The van der Waals surface area contributed by atoms with Crippen LogP contribution in [0.4, 0.5) is 0 Å². The van der Waals surface area contributed by atoms with Gasteiger partial charge in [-0.15, -0.1) is 17.0 Å². The Morgan fingerprint density at radius 1 is 0.844 bits per heavy atom. The highest BCUT2D eigenvalue weighted by Crippen LogP contribution is 2.40. The zero-order chi connectivity index (χ0) is 31.9. The minimum atomic E-state index is -0.256. The molecular weight excluding hydrogens is 638 g/mol. The van der Waals surface area contributed by atoms with Gasteiger partial charge in [-0.1, -0.05) is 52.0 Å². The van der Waals surface area contributed by atoms with Crippen molar-refractivity contribution in [2.45, 2.75) is 77.7 Å². The molecule has 45 heavy (non-hydrogen) atoms. The van der Waals surface area contributed by atoms with E-state index in [1.165, 1.54) is 19.3 Å². The van der Waals surface area contributed by atoms with Crippen molar-refractivity contribution in [1.82, 2.24) is 15.1 Å². The molecule has 1 unspecified atom stereocenters. The van der Waals surface area contributed by atoms with Crippen molar-refractivity contribution in [2.75, 3.05) is 61.2 Å². The van der Waals surface area contributed by atoms with Crippen LogP contribution in [0.1, 0.15) is 81.5 Å².